The molecule has 1 rings (SSSR count). The predicted molar refractivity (Wildman–Crippen MR) is 87.9 cm³/mol. The summed E-state index contributed by atoms with van der Waals surface area (Å²) in [5.74, 6) is -0.108. The van der Waals surface area contributed by atoms with E-state index in [1.807, 2.05) is 20.8 Å². The van der Waals surface area contributed by atoms with Crippen LogP contribution in [-0.2, 0) is 10.0 Å². The van der Waals surface area contributed by atoms with Crippen LogP contribution in [-0.4, -0.2) is 20.8 Å². The molecule has 0 spiro atoms. The monoisotopic (exact) mass is 373 g/mol. The predicted octanol–water partition coefficient (Wildman–Crippen LogP) is 3.98. The molecule has 8 heteroatoms. The molecule has 120 valence electrons. The molecule has 0 radical (unpaired) electrons. The fourth-order valence-corrected chi connectivity index (χ4v) is 3.38. The van der Waals surface area contributed by atoms with Crippen LogP contribution in [0, 0.1) is 11.3 Å². The zero-order valence-corrected chi connectivity index (χ0v) is 15.1. The van der Waals surface area contributed by atoms with Crippen molar-refractivity contribution in [1.82, 2.24) is 0 Å². The fourth-order valence-electron chi connectivity index (χ4n) is 1.63. The summed E-state index contributed by atoms with van der Waals surface area (Å²) in [4.78, 5) is 0. The second-order valence-corrected chi connectivity index (χ2v) is 8.78. The molecule has 1 atom stereocenters. The summed E-state index contributed by atoms with van der Waals surface area (Å²) in [7, 11) is -3.60. The van der Waals surface area contributed by atoms with E-state index in [-0.39, 0.29) is 23.7 Å². The van der Waals surface area contributed by atoms with Crippen molar-refractivity contribution >= 4 is 44.8 Å². The molecule has 0 saturated carbocycles. The summed E-state index contributed by atoms with van der Waals surface area (Å²) >= 11 is 17.8. The highest BCUT2D eigenvalue weighted by Crippen LogP contribution is 2.35. The van der Waals surface area contributed by atoms with E-state index in [0.29, 0.717) is 20.8 Å². The third-order valence-corrected chi connectivity index (χ3v) is 4.96. The van der Waals surface area contributed by atoms with Crippen molar-refractivity contribution in [3.8, 4) is 5.75 Å². The highest BCUT2D eigenvalue weighted by molar-refractivity contribution is 7.89. The molecule has 1 aromatic carbocycles. The molecule has 2 N–H and O–H groups in total. The Hall–Kier alpha value is -0.200. The average Bonchev–Trinajstić information content (AvgIpc) is 2.27. The summed E-state index contributed by atoms with van der Waals surface area (Å²) in [6, 6.07) is 2.98. The highest BCUT2D eigenvalue weighted by Gasteiger charge is 2.29. The third kappa shape index (κ3) is 6.20. The van der Waals surface area contributed by atoms with Gasteiger partial charge in [0.15, 0.2) is 0 Å². The summed E-state index contributed by atoms with van der Waals surface area (Å²) in [6.45, 7) is 5.91. The van der Waals surface area contributed by atoms with E-state index in [1.54, 1.807) is 0 Å². The Morgan fingerprint density at radius 3 is 2.14 bits per heavy atom. The molecular weight excluding hydrogens is 357 g/mol. The molecule has 0 saturated heterocycles. The summed E-state index contributed by atoms with van der Waals surface area (Å²) < 4.78 is 28.3. The number of ether oxygens (including phenoxy) is 1. The number of halogens is 3. The molecule has 4 nitrogen and oxygen atoms in total. The molecule has 0 heterocycles. The molecular formula is C13H18Cl3NO3S. The number of sulfonamides is 1. The lowest BCUT2D eigenvalue weighted by molar-refractivity contribution is 0.163. The van der Waals surface area contributed by atoms with Gasteiger partial charge in [0.2, 0.25) is 10.0 Å². The van der Waals surface area contributed by atoms with Crippen molar-refractivity contribution in [2.75, 3.05) is 12.4 Å². The van der Waals surface area contributed by atoms with Gasteiger partial charge in [-0.05, 0) is 11.5 Å². The van der Waals surface area contributed by atoms with Crippen LogP contribution in [0.1, 0.15) is 20.8 Å². The molecule has 0 aliphatic carbocycles. The van der Waals surface area contributed by atoms with Crippen LogP contribution in [0.5, 0.6) is 5.75 Å². The zero-order chi connectivity index (χ0) is 16.4. The van der Waals surface area contributed by atoms with Crippen molar-refractivity contribution in [2.24, 2.45) is 16.5 Å². The van der Waals surface area contributed by atoms with Gasteiger partial charge in [-0.3, -0.25) is 0 Å². The number of hydrogen-bond acceptors (Lipinski definition) is 3. The van der Waals surface area contributed by atoms with E-state index < -0.39 is 10.0 Å². The van der Waals surface area contributed by atoms with Gasteiger partial charge in [0, 0.05) is 12.0 Å². The van der Waals surface area contributed by atoms with Gasteiger partial charge < -0.3 is 4.74 Å². The molecule has 1 aromatic rings. The minimum Gasteiger partial charge on any atom is -0.492 e. The van der Waals surface area contributed by atoms with E-state index in [2.05, 4.69) is 0 Å². The smallest absolute Gasteiger partial charge is 0.209 e. The quantitative estimate of drug-likeness (QED) is 0.793. The van der Waals surface area contributed by atoms with Gasteiger partial charge in [0.25, 0.3) is 0 Å². The Labute approximate surface area is 140 Å². The molecule has 0 aromatic heterocycles. The highest BCUT2D eigenvalue weighted by atomic mass is 35.5. The van der Waals surface area contributed by atoms with E-state index in [0.717, 1.165) is 0 Å². The SMILES string of the molecule is CC(C)(C)C(COc1cc(Cl)c(Cl)cc1Cl)CS(N)(=O)=O. The first-order valence-corrected chi connectivity index (χ1v) is 9.03. The standard InChI is InChI=1S/C13H18Cl3NO3S/c1-13(2,3)8(7-21(17,18)19)6-20-12-5-10(15)9(14)4-11(12)16/h4-5,8H,6-7H2,1-3H3,(H2,17,18,19). The summed E-state index contributed by atoms with van der Waals surface area (Å²) in [6.07, 6.45) is 0. The fraction of sp³-hybridized carbons (Fsp3) is 0.538. The van der Waals surface area contributed by atoms with E-state index in [4.69, 9.17) is 44.7 Å². The minimum atomic E-state index is -3.60. The summed E-state index contributed by atoms with van der Waals surface area (Å²) in [5, 5.41) is 6.08. The van der Waals surface area contributed by atoms with Crippen LogP contribution in [0.25, 0.3) is 0 Å². The van der Waals surface area contributed by atoms with Crippen LogP contribution >= 0.6 is 34.8 Å². The molecule has 0 amide bonds. The van der Waals surface area contributed by atoms with Crippen LogP contribution in [0.2, 0.25) is 15.1 Å². The lowest BCUT2D eigenvalue weighted by Crippen LogP contribution is -2.35. The Bertz CT molecular complexity index is 612. The van der Waals surface area contributed by atoms with E-state index in [9.17, 15) is 8.42 Å². The second kappa shape index (κ2) is 6.92. The Morgan fingerprint density at radius 2 is 1.67 bits per heavy atom. The lowest BCUT2D eigenvalue weighted by atomic mass is 9.82. The van der Waals surface area contributed by atoms with Gasteiger partial charge in [-0.2, -0.15) is 0 Å². The Balaban J connectivity index is 2.90. The van der Waals surface area contributed by atoms with Crippen LogP contribution < -0.4 is 9.88 Å². The van der Waals surface area contributed by atoms with Crippen molar-refractivity contribution < 1.29 is 13.2 Å². The second-order valence-electron chi connectivity index (χ2n) is 5.90. The van der Waals surface area contributed by atoms with Gasteiger partial charge in [-0.1, -0.05) is 55.6 Å². The van der Waals surface area contributed by atoms with Gasteiger partial charge in [-0.15, -0.1) is 0 Å². The van der Waals surface area contributed by atoms with Gasteiger partial charge >= 0.3 is 0 Å². The largest absolute Gasteiger partial charge is 0.492 e. The number of benzene rings is 1. The number of rotatable bonds is 5. The first kappa shape index (κ1) is 18.8. The van der Waals surface area contributed by atoms with Crippen LogP contribution in [0.15, 0.2) is 12.1 Å². The van der Waals surface area contributed by atoms with E-state index >= 15 is 0 Å². The van der Waals surface area contributed by atoms with Gasteiger partial charge in [0.05, 0.1) is 27.4 Å². The number of nitrogens with two attached hydrogens (primary N) is 1. The van der Waals surface area contributed by atoms with E-state index in [1.165, 1.54) is 12.1 Å². The minimum absolute atomic E-state index is 0.150. The third-order valence-electron chi connectivity index (χ3n) is 3.07. The van der Waals surface area contributed by atoms with Crippen molar-refractivity contribution in [2.45, 2.75) is 20.8 Å². The molecule has 0 aliphatic rings. The molecule has 0 fully saturated rings. The van der Waals surface area contributed by atoms with Gasteiger partial charge in [-0.25, -0.2) is 13.6 Å². The topological polar surface area (TPSA) is 69.4 Å². The molecule has 0 bridgehead atoms. The van der Waals surface area contributed by atoms with Crippen molar-refractivity contribution in [1.29, 1.82) is 0 Å². The lowest BCUT2D eigenvalue weighted by Gasteiger charge is -2.30. The molecule has 0 aliphatic heterocycles. The maximum atomic E-state index is 11.3. The number of hydrogen-bond donors (Lipinski definition) is 1. The molecule has 1 unspecified atom stereocenters. The van der Waals surface area contributed by atoms with Crippen molar-refractivity contribution in [3.63, 3.8) is 0 Å². The normalized spacial score (nSPS) is 14.0. The first-order chi connectivity index (χ1) is 9.40. The first-order valence-electron chi connectivity index (χ1n) is 6.18. The number of primary sulfonamides is 1. The van der Waals surface area contributed by atoms with Gasteiger partial charge in [0.1, 0.15) is 5.75 Å². The summed E-state index contributed by atoms with van der Waals surface area (Å²) in [5.41, 5.74) is -0.296. The van der Waals surface area contributed by atoms with Crippen LogP contribution in [0.3, 0.4) is 0 Å². The maximum absolute atomic E-state index is 11.3. The average molecular weight is 375 g/mol. The Morgan fingerprint density at radius 1 is 1.14 bits per heavy atom. The Kier molecular flexibility index (Phi) is 6.21. The van der Waals surface area contributed by atoms with Crippen LogP contribution in [0.4, 0.5) is 0 Å². The molecule has 21 heavy (non-hydrogen) atoms. The van der Waals surface area contributed by atoms with Crippen molar-refractivity contribution in [3.05, 3.63) is 27.2 Å². The zero-order valence-electron chi connectivity index (χ0n) is 12.0. The maximum Gasteiger partial charge on any atom is 0.209 e.